The van der Waals surface area contributed by atoms with Gasteiger partial charge in [0.2, 0.25) is 0 Å². The van der Waals surface area contributed by atoms with E-state index in [1.54, 1.807) is 0 Å². The summed E-state index contributed by atoms with van der Waals surface area (Å²) in [6, 6.07) is 0. The van der Waals surface area contributed by atoms with Crippen LogP contribution in [0, 0.1) is 5.41 Å². The minimum Gasteiger partial charge on any atom is -0.461 e. The molecule has 0 aromatic heterocycles. The smallest absolute Gasteiger partial charge is 0.354 e. The van der Waals surface area contributed by atoms with E-state index in [0.29, 0.717) is 25.4 Å². The number of rotatable bonds is 6. The molecule has 0 saturated carbocycles. The normalized spacial score (nSPS) is 18.7. The van der Waals surface area contributed by atoms with E-state index in [2.05, 4.69) is 26.1 Å². The second-order valence-electron chi connectivity index (χ2n) is 5.82. The van der Waals surface area contributed by atoms with Crippen molar-refractivity contribution in [1.29, 1.82) is 0 Å². The molecule has 1 aliphatic rings. The van der Waals surface area contributed by atoms with Gasteiger partial charge in [0, 0.05) is 13.1 Å². The molecule has 4 nitrogen and oxygen atoms in total. The third kappa shape index (κ3) is 4.71. The molecule has 0 unspecified atom stereocenters. The van der Waals surface area contributed by atoms with Gasteiger partial charge in [-0.2, -0.15) is 0 Å². The van der Waals surface area contributed by atoms with Crippen molar-refractivity contribution in [3.8, 4) is 0 Å². The van der Waals surface area contributed by atoms with Crippen molar-refractivity contribution in [2.45, 2.75) is 40.5 Å². The molecule has 0 radical (unpaired) electrons. The fourth-order valence-electron chi connectivity index (χ4n) is 2.51. The molecule has 1 aliphatic carbocycles. The summed E-state index contributed by atoms with van der Waals surface area (Å²) in [5.74, 6) is -0.305. The molecule has 4 heteroatoms. The summed E-state index contributed by atoms with van der Waals surface area (Å²) in [5.41, 5.74) is 8.85. The summed E-state index contributed by atoms with van der Waals surface area (Å²) < 4.78 is 5.07. The van der Waals surface area contributed by atoms with Crippen LogP contribution in [0.2, 0.25) is 0 Å². The molecule has 0 aliphatic heterocycles. The zero-order chi connectivity index (χ0) is 14.5. The predicted molar refractivity (Wildman–Crippen MR) is 77.5 cm³/mol. The highest BCUT2D eigenvalue weighted by atomic mass is 16.5. The monoisotopic (exact) mass is 266 g/mol. The molecule has 3 N–H and O–H groups in total. The summed E-state index contributed by atoms with van der Waals surface area (Å²) in [7, 11) is 0. The Morgan fingerprint density at radius 1 is 1.47 bits per heavy atom. The standard InChI is InChI=1S/C15H26N2O2/c1-5-19-14(18)13(17-7-6-16)8-12-10-15(3,4)9-11(12)2/h8,17H,5-7,9-10,16H2,1-4H3/b13-8-. The molecular weight excluding hydrogens is 240 g/mol. The quantitative estimate of drug-likeness (QED) is 0.571. The van der Waals surface area contributed by atoms with Crippen LogP contribution in [0.15, 0.2) is 22.9 Å². The second kappa shape index (κ2) is 6.75. The topological polar surface area (TPSA) is 64.3 Å². The van der Waals surface area contributed by atoms with E-state index < -0.39 is 0 Å². The molecule has 0 fully saturated rings. The van der Waals surface area contributed by atoms with Crippen LogP contribution in [0.3, 0.4) is 0 Å². The lowest BCUT2D eigenvalue weighted by Gasteiger charge is -2.16. The molecule has 108 valence electrons. The van der Waals surface area contributed by atoms with Gasteiger partial charge in [-0.25, -0.2) is 4.79 Å². The molecule has 1 rings (SSSR count). The van der Waals surface area contributed by atoms with Crippen molar-refractivity contribution in [1.82, 2.24) is 5.32 Å². The zero-order valence-electron chi connectivity index (χ0n) is 12.5. The number of esters is 1. The van der Waals surface area contributed by atoms with Crippen LogP contribution in [0.4, 0.5) is 0 Å². The molecule has 0 atom stereocenters. The summed E-state index contributed by atoms with van der Waals surface area (Å²) in [5, 5.41) is 3.06. The van der Waals surface area contributed by atoms with Gasteiger partial charge in [-0.3, -0.25) is 0 Å². The van der Waals surface area contributed by atoms with Gasteiger partial charge >= 0.3 is 5.97 Å². The van der Waals surface area contributed by atoms with E-state index in [1.165, 1.54) is 11.1 Å². The van der Waals surface area contributed by atoms with E-state index in [9.17, 15) is 4.79 Å². The third-order valence-electron chi connectivity index (χ3n) is 3.23. The summed E-state index contributed by atoms with van der Waals surface area (Å²) in [4.78, 5) is 11.9. The number of carbonyl (C=O) groups excluding carboxylic acids is 1. The van der Waals surface area contributed by atoms with Gasteiger partial charge in [0.25, 0.3) is 0 Å². The van der Waals surface area contributed by atoms with Gasteiger partial charge in [-0.1, -0.05) is 19.4 Å². The van der Waals surface area contributed by atoms with Crippen LogP contribution in [-0.4, -0.2) is 25.7 Å². The Balaban J connectivity index is 2.88. The van der Waals surface area contributed by atoms with Crippen LogP contribution in [0.25, 0.3) is 0 Å². The number of carbonyl (C=O) groups is 1. The number of hydrogen-bond donors (Lipinski definition) is 2. The maximum atomic E-state index is 11.9. The Morgan fingerprint density at radius 3 is 2.63 bits per heavy atom. The highest BCUT2D eigenvalue weighted by Crippen LogP contribution is 2.41. The average Bonchev–Trinajstić information content (AvgIpc) is 2.57. The summed E-state index contributed by atoms with van der Waals surface area (Å²) >= 11 is 0. The Labute approximate surface area is 116 Å². The first-order valence-corrected chi connectivity index (χ1v) is 6.91. The summed E-state index contributed by atoms with van der Waals surface area (Å²) in [6.45, 7) is 9.86. The van der Waals surface area contributed by atoms with Crippen molar-refractivity contribution in [3.63, 3.8) is 0 Å². The zero-order valence-corrected chi connectivity index (χ0v) is 12.5. The molecule has 0 saturated heterocycles. The van der Waals surface area contributed by atoms with Gasteiger partial charge < -0.3 is 15.8 Å². The maximum Gasteiger partial charge on any atom is 0.354 e. The third-order valence-corrected chi connectivity index (χ3v) is 3.23. The van der Waals surface area contributed by atoms with Crippen molar-refractivity contribution in [2.24, 2.45) is 11.1 Å². The van der Waals surface area contributed by atoms with Crippen molar-refractivity contribution in [2.75, 3.05) is 19.7 Å². The highest BCUT2D eigenvalue weighted by Gasteiger charge is 2.28. The van der Waals surface area contributed by atoms with Gasteiger partial charge in [0.05, 0.1) is 6.61 Å². The van der Waals surface area contributed by atoms with E-state index >= 15 is 0 Å². The Bertz CT molecular complexity index is 395. The van der Waals surface area contributed by atoms with Crippen LogP contribution >= 0.6 is 0 Å². The molecule has 0 aromatic carbocycles. The summed E-state index contributed by atoms with van der Waals surface area (Å²) in [6.07, 6.45) is 4.00. The fourth-order valence-corrected chi connectivity index (χ4v) is 2.51. The Morgan fingerprint density at radius 2 is 2.16 bits per heavy atom. The number of nitrogens with two attached hydrogens (primary N) is 1. The first-order valence-electron chi connectivity index (χ1n) is 6.91. The SMILES string of the molecule is CCOC(=O)/C(=C/C1=C(C)CC(C)(C)C1)NCCN. The predicted octanol–water partition coefficient (Wildman–Crippen LogP) is 2.12. The molecule has 0 spiro atoms. The van der Waals surface area contributed by atoms with Crippen LogP contribution < -0.4 is 11.1 Å². The Kier molecular flexibility index (Phi) is 5.60. The van der Waals surface area contributed by atoms with Crippen molar-refractivity contribution < 1.29 is 9.53 Å². The first kappa shape index (κ1) is 15.8. The van der Waals surface area contributed by atoms with Crippen LogP contribution in [0.1, 0.15) is 40.5 Å². The lowest BCUT2D eigenvalue weighted by molar-refractivity contribution is -0.138. The minimum atomic E-state index is -0.305. The van der Waals surface area contributed by atoms with Gasteiger partial charge in [0.15, 0.2) is 0 Å². The number of hydrogen-bond acceptors (Lipinski definition) is 4. The van der Waals surface area contributed by atoms with E-state index in [0.717, 1.165) is 12.8 Å². The van der Waals surface area contributed by atoms with Crippen LogP contribution in [-0.2, 0) is 9.53 Å². The molecule has 0 heterocycles. The largest absolute Gasteiger partial charge is 0.461 e. The second-order valence-corrected chi connectivity index (χ2v) is 5.82. The van der Waals surface area contributed by atoms with E-state index in [1.807, 2.05) is 13.0 Å². The molecule has 0 bridgehead atoms. The van der Waals surface area contributed by atoms with Crippen molar-refractivity contribution >= 4 is 5.97 Å². The minimum absolute atomic E-state index is 0.281. The van der Waals surface area contributed by atoms with Gasteiger partial charge in [-0.15, -0.1) is 0 Å². The molecule has 0 amide bonds. The fraction of sp³-hybridized carbons (Fsp3) is 0.667. The first-order chi connectivity index (χ1) is 8.89. The van der Waals surface area contributed by atoms with E-state index in [-0.39, 0.29) is 11.4 Å². The lowest BCUT2D eigenvalue weighted by Crippen LogP contribution is -2.27. The Hall–Kier alpha value is -1.29. The van der Waals surface area contributed by atoms with Gasteiger partial charge in [-0.05, 0) is 43.8 Å². The molecular formula is C15H26N2O2. The molecule has 0 aromatic rings. The number of allylic oxidation sites excluding steroid dienone is 3. The van der Waals surface area contributed by atoms with E-state index in [4.69, 9.17) is 10.5 Å². The highest BCUT2D eigenvalue weighted by molar-refractivity contribution is 5.88. The van der Waals surface area contributed by atoms with Gasteiger partial charge in [0.1, 0.15) is 5.70 Å². The van der Waals surface area contributed by atoms with Crippen LogP contribution in [0.5, 0.6) is 0 Å². The van der Waals surface area contributed by atoms with Crippen molar-refractivity contribution in [3.05, 3.63) is 22.9 Å². The average molecular weight is 266 g/mol. The number of nitrogens with one attached hydrogen (secondary N) is 1. The lowest BCUT2D eigenvalue weighted by atomic mass is 9.89. The maximum absolute atomic E-state index is 11.9. The number of ether oxygens (including phenoxy) is 1. The molecule has 19 heavy (non-hydrogen) atoms.